The Labute approximate surface area is 117 Å². The van der Waals surface area contributed by atoms with E-state index in [0.717, 1.165) is 12.3 Å². The Hall–Kier alpha value is -1.67. The lowest BCUT2D eigenvalue weighted by Gasteiger charge is -2.16. The van der Waals surface area contributed by atoms with E-state index in [1.807, 2.05) is 0 Å². The smallest absolute Gasteiger partial charge is 0.238 e. The van der Waals surface area contributed by atoms with Crippen LogP contribution in [0.4, 0.5) is 15.8 Å². The Morgan fingerprint density at radius 3 is 2.65 bits per heavy atom. The van der Waals surface area contributed by atoms with E-state index in [4.69, 9.17) is 5.73 Å². The molecule has 0 aliphatic heterocycles. The quantitative estimate of drug-likeness (QED) is 0.739. The molecular weight excluding hydrogens is 285 g/mol. The molecule has 0 saturated heterocycles. The minimum absolute atomic E-state index is 0.0184. The highest BCUT2D eigenvalue weighted by atomic mass is 32.2. The van der Waals surface area contributed by atoms with Gasteiger partial charge in [-0.05, 0) is 25.2 Å². The minimum Gasteiger partial charge on any atom is -0.397 e. The summed E-state index contributed by atoms with van der Waals surface area (Å²) in [7, 11) is -1.42. The number of benzene rings is 1. The molecule has 0 spiro atoms. The third-order valence-electron chi connectivity index (χ3n) is 2.55. The highest BCUT2D eigenvalue weighted by Gasteiger charge is 2.11. The zero-order chi connectivity index (χ0) is 15.3. The number of carbonyl (C=O) groups is 1. The highest BCUT2D eigenvalue weighted by molar-refractivity contribution is 7.90. The minimum atomic E-state index is -3.06. The summed E-state index contributed by atoms with van der Waals surface area (Å²) in [5, 5.41) is 2.54. The van der Waals surface area contributed by atoms with Crippen molar-refractivity contribution < 1.29 is 17.6 Å². The van der Waals surface area contributed by atoms with Gasteiger partial charge in [0.15, 0.2) is 0 Å². The molecule has 6 nitrogen and oxygen atoms in total. The largest absolute Gasteiger partial charge is 0.397 e. The second kappa shape index (κ2) is 6.67. The van der Waals surface area contributed by atoms with Gasteiger partial charge < -0.3 is 11.1 Å². The molecular formula is C12H18FN3O3S. The van der Waals surface area contributed by atoms with Crippen LogP contribution in [0.15, 0.2) is 18.2 Å². The van der Waals surface area contributed by atoms with Gasteiger partial charge in [0, 0.05) is 12.8 Å². The van der Waals surface area contributed by atoms with Crippen LogP contribution in [0.3, 0.4) is 0 Å². The van der Waals surface area contributed by atoms with Gasteiger partial charge in [0.05, 0.1) is 23.7 Å². The summed E-state index contributed by atoms with van der Waals surface area (Å²) in [6.45, 7) is 0.275. The molecule has 1 rings (SSSR count). The molecule has 0 radical (unpaired) electrons. The SMILES string of the molecule is CN(CCS(C)(=O)=O)CC(=O)Nc1ccc(F)cc1N. The van der Waals surface area contributed by atoms with Crippen molar-refractivity contribution in [2.24, 2.45) is 0 Å². The molecule has 3 N–H and O–H groups in total. The van der Waals surface area contributed by atoms with Crippen LogP contribution in [0.2, 0.25) is 0 Å². The van der Waals surface area contributed by atoms with Crippen LogP contribution in [-0.2, 0) is 14.6 Å². The number of halogens is 1. The van der Waals surface area contributed by atoms with Crippen LogP contribution in [-0.4, -0.2) is 51.4 Å². The third-order valence-corrected chi connectivity index (χ3v) is 3.47. The van der Waals surface area contributed by atoms with E-state index in [2.05, 4.69) is 5.32 Å². The molecule has 0 atom stereocenters. The first-order valence-corrected chi connectivity index (χ1v) is 7.94. The van der Waals surface area contributed by atoms with Gasteiger partial charge in [-0.25, -0.2) is 12.8 Å². The molecule has 1 aromatic rings. The number of nitrogens with two attached hydrogens (primary N) is 1. The van der Waals surface area contributed by atoms with E-state index in [1.165, 1.54) is 12.1 Å². The summed E-state index contributed by atoms with van der Waals surface area (Å²) in [4.78, 5) is 13.3. The molecule has 0 unspecified atom stereocenters. The predicted octanol–water partition coefficient (Wildman–Crippen LogP) is 0.323. The maximum atomic E-state index is 12.8. The maximum Gasteiger partial charge on any atom is 0.238 e. The van der Waals surface area contributed by atoms with Gasteiger partial charge in [0.25, 0.3) is 0 Å². The van der Waals surface area contributed by atoms with E-state index in [0.29, 0.717) is 5.69 Å². The molecule has 1 aromatic carbocycles. The highest BCUT2D eigenvalue weighted by Crippen LogP contribution is 2.18. The van der Waals surface area contributed by atoms with Crippen molar-refractivity contribution in [1.29, 1.82) is 0 Å². The molecule has 112 valence electrons. The number of amides is 1. The van der Waals surface area contributed by atoms with E-state index < -0.39 is 15.7 Å². The summed E-state index contributed by atoms with van der Waals surface area (Å²) < 4.78 is 34.9. The zero-order valence-electron chi connectivity index (χ0n) is 11.4. The van der Waals surface area contributed by atoms with Crippen molar-refractivity contribution in [3.63, 3.8) is 0 Å². The van der Waals surface area contributed by atoms with Crippen molar-refractivity contribution >= 4 is 27.1 Å². The van der Waals surface area contributed by atoms with Crippen LogP contribution in [0.1, 0.15) is 0 Å². The van der Waals surface area contributed by atoms with Crippen molar-refractivity contribution in [3.05, 3.63) is 24.0 Å². The summed E-state index contributed by atoms with van der Waals surface area (Å²) in [5.41, 5.74) is 6.03. The average molecular weight is 303 g/mol. The zero-order valence-corrected chi connectivity index (χ0v) is 12.2. The standard InChI is InChI=1S/C12H18FN3O3S/c1-16(5-6-20(2,18)19)8-12(17)15-11-4-3-9(13)7-10(11)14/h3-4,7H,5-6,8,14H2,1-2H3,(H,15,17). The van der Waals surface area contributed by atoms with Gasteiger partial charge in [-0.15, -0.1) is 0 Å². The maximum absolute atomic E-state index is 12.8. The van der Waals surface area contributed by atoms with Crippen molar-refractivity contribution in [2.45, 2.75) is 0 Å². The van der Waals surface area contributed by atoms with Gasteiger partial charge >= 0.3 is 0 Å². The van der Waals surface area contributed by atoms with Crippen LogP contribution in [0.5, 0.6) is 0 Å². The number of rotatable bonds is 6. The van der Waals surface area contributed by atoms with Gasteiger partial charge in [-0.3, -0.25) is 9.69 Å². The molecule has 0 fully saturated rings. The van der Waals surface area contributed by atoms with E-state index >= 15 is 0 Å². The molecule has 0 aromatic heterocycles. The molecule has 20 heavy (non-hydrogen) atoms. The van der Waals surface area contributed by atoms with Gasteiger partial charge in [-0.2, -0.15) is 0 Å². The van der Waals surface area contributed by atoms with Crippen molar-refractivity contribution in [3.8, 4) is 0 Å². The summed E-state index contributed by atoms with van der Waals surface area (Å²) in [6, 6.07) is 3.68. The van der Waals surface area contributed by atoms with E-state index in [9.17, 15) is 17.6 Å². The second-order valence-electron chi connectivity index (χ2n) is 4.65. The van der Waals surface area contributed by atoms with Crippen LogP contribution in [0.25, 0.3) is 0 Å². The topological polar surface area (TPSA) is 92.5 Å². The number of likely N-dealkylation sites (N-methyl/N-ethyl adjacent to an activating group) is 1. The third kappa shape index (κ3) is 5.98. The summed E-state index contributed by atoms with van der Waals surface area (Å²) >= 11 is 0. The Morgan fingerprint density at radius 2 is 2.10 bits per heavy atom. The number of hydrogen-bond acceptors (Lipinski definition) is 5. The number of hydrogen-bond donors (Lipinski definition) is 2. The lowest BCUT2D eigenvalue weighted by Crippen LogP contribution is -2.33. The number of nitrogens with one attached hydrogen (secondary N) is 1. The normalized spacial score (nSPS) is 11.6. The lowest BCUT2D eigenvalue weighted by molar-refractivity contribution is -0.117. The molecule has 0 aliphatic rings. The van der Waals surface area contributed by atoms with E-state index in [-0.39, 0.29) is 30.4 Å². The molecule has 0 saturated carbocycles. The van der Waals surface area contributed by atoms with Gasteiger partial charge in [-0.1, -0.05) is 0 Å². The molecule has 8 heteroatoms. The first-order valence-electron chi connectivity index (χ1n) is 5.88. The average Bonchev–Trinajstić information content (AvgIpc) is 2.29. The van der Waals surface area contributed by atoms with Gasteiger partial charge in [0.1, 0.15) is 15.7 Å². The number of nitrogen functional groups attached to an aromatic ring is 1. The van der Waals surface area contributed by atoms with Crippen LogP contribution < -0.4 is 11.1 Å². The number of sulfone groups is 1. The molecule has 0 heterocycles. The molecule has 0 bridgehead atoms. The monoisotopic (exact) mass is 303 g/mol. The molecule has 1 amide bonds. The summed E-state index contributed by atoms with van der Waals surface area (Å²) in [6.07, 6.45) is 1.14. The second-order valence-corrected chi connectivity index (χ2v) is 6.91. The number of nitrogens with zero attached hydrogens (tertiary/aromatic N) is 1. The fourth-order valence-corrected chi connectivity index (χ4v) is 2.13. The first-order chi connectivity index (χ1) is 9.17. The fraction of sp³-hybridized carbons (Fsp3) is 0.417. The van der Waals surface area contributed by atoms with E-state index in [1.54, 1.807) is 11.9 Å². The van der Waals surface area contributed by atoms with Gasteiger partial charge in [0.2, 0.25) is 5.91 Å². The van der Waals surface area contributed by atoms with Crippen molar-refractivity contribution in [2.75, 3.05) is 43.2 Å². The Morgan fingerprint density at radius 1 is 1.45 bits per heavy atom. The number of carbonyl (C=O) groups excluding carboxylic acids is 1. The first kappa shape index (κ1) is 16.4. The Balaban J connectivity index is 2.51. The molecule has 0 aliphatic carbocycles. The fourth-order valence-electron chi connectivity index (χ4n) is 1.48. The predicted molar refractivity (Wildman–Crippen MR) is 76.6 cm³/mol. The Kier molecular flexibility index (Phi) is 5.46. The van der Waals surface area contributed by atoms with Crippen LogP contribution >= 0.6 is 0 Å². The summed E-state index contributed by atoms with van der Waals surface area (Å²) in [5.74, 6) is -0.847. The van der Waals surface area contributed by atoms with Crippen molar-refractivity contribution in [1.82, 2.24) is 4.90 Å². The number of anilines is 2. The Bertz CT molecular complexity index is 590. The van der Waals surface area contributed by atoms with Crippen LogP contribution in [0, 0.1) is 5.82 Å². The lowest BCUT2D eigenvalue weighted by atomic mass is 10.2.